The number of methoxy groups -OCH3 is 2. The highest BCUT2D eigenvalue weighted by Crippen LogP contribution is 2.27. The number of nitrogens with zero attached hydrogens (tertiary/aromatic N) is 1. The van der Waals surface area contributed by atoms with Gasteiger partial charge in [0.1, 0.15) is 5.76 Å². The lowest BCUT2D eigenvalue weighted by Gasteiger charge is -2.10. The zero-order valence-electron chi connectivity index (χ0n) is 16.7. The van der Waals surface area contributed by atoms with Crippen molar-refractivity contribution in [1.29, 1.82) is 0 Å². The lowest BCUT2D eigenvalue weighted by molar-refractivity contribution is -0.148. The van der Waals surface area contributed by atoms with Crippen LogP contribution in [0.15, 0.2) is 22.7 Å². The Hall–Kier alpha value is -3.03. The van der Waals surface area contributed by atoms with Crippen molar-refractivity contribution in [1.82, 2.24) is 10.5 Å². The van der Waals surface area contributed by atoms with E-state index in [2.05, 4.69) is 10.5 Å². The number of benzene rings is 1. The van der Waals surface area contributed by atoms with Crippen LogP contribution in [-0.2, 0) is 27.2 Å². The Morgan fingerprint density at radius 2 is 1.86 bits per heavy atom. The fourth-order valence-electron chi connectivity index (χ4n) is 2.74. The average molecular weight is 390 g/mol. The van der Waals surface area contributed by atoms with Gasteiger partial charge in [-0.1, -0.05) is 11.2 Å². The van der Waals surface area contributed by atoms with Crippen molar-refractivity contribution < 1.29 is 28.3 Å². The number of nitrogens with one attached hydrogen (secondary N) is 1. The van der Waals surface area contributed by atoms with Crippen molar-refractivity contribution >= 4 is 11.9 Å². The molecule has 0 fully saturated rings. The Balaban J connectivity index is 1.68. The molecule has 1 aromatic carbocycles. The van der Waals surface area contributed by atoms with Gasteiger partial charge in [0, 0.05) is 18.5 Å². The molecule has 1 N–H and O–H groups in total. The van der Waals surface area contributed by atoms with Crippen LogP contribution in [0.3, 0.4) is 0 Å². The van der Waals surface area contributed by atoms with E-state index in [0.29, 0.717) is 36.6 Å². The monoisotopic (exact) mass is 390 g/mol. The Kier molecular flexibility index (Phi) is 7.86. The van der Waals surface area contributed by atoms with Gasteiger partial charge in [-0.15, -0.1) is 0 Å². The number of carbonyl (C=O) groups excluding carboxylic acids is 2. The molecule has 0 saturated heterocycles. The van der Waals surface area contributed by atoms with Crippen LogP contribution in [0.4, 0.5) is 0 Å². The highest BCUT2D eigenvalue weighted by molar-refractivity contribution is 5.80. The van der Waals surface area contributed by atoms with Gasteiger partial charge in [-0.25, -0.2) is 0 Å². The number of amides is 1. The molecule has 0 spiro atoms. The van der Waals surface area contributed by atoms with Gasteiger partial charge < -0.3 is 24.1 Å². The first kappa shape index (κ1) is 21.3. The number of carbonyl (C=O) groups is 2. The highest BCUT2D eigenvalue weighted by atomic mass is 16.5. The van der Waals surface area contributed by atoms with Crippen LogP contribution in [-0.4, -0.2) is 44.4 Å². The third-order valence-electron chi connectivity index (χ3n) is 4.31. The van der Waals surface area contributed by atoms with Crippen LogP contribution in [0.1, 0.15) is 29.0 Å². The third-order valence-corrected chi connectivity index (χ3v) is 4.31. The fourth-order valence-corrected chi connectivity index (χ4v) is 2.74. The molecule has 2 rings (SSSR count). The van der Waals surface area contributed by atoms with E-state index in [0.717, 1.165) is 16.8 Å². The molecule has 0 saturated carbocycles. The number of ether oxygens (including phenoxy) is 3. The normalized spacial score (nSPS) is 10.4. The minimum absolute atomic E-state index is 0.168. The van der Waals surface area contributed by atoms with Gasteiger partial charge in [0.25, 0.3) is 5.91 Å². The SMILES string of the molecule is COc1ccc(CCNC(=O)COC(=O)CCc2c(C)noc2C)cc1OC. The van der Waals surface area contributed by atoms with Gasteiger partial charge in [-0.05, 0) is 44.4 Å². The lowest BCUT2D eigenvalue weighted by atomic mass is 10.1. The number of aromatic nitrogens is 1. The number of hydrogen-bond donors (Lipinski definition) is 1. The standard InChI is InChI=1S/C20H26N2O6/c1-13-16(14(2)28-22-13)6-8-20(24)27-12-19(23)21-10-9-15-5-7-17(25-3)18(11-15)26-4/h5,7,11H,6,8-10,12H2,1-4H3,(H,21,23). The first-order chi connectivity index (χ1) is 13.4. The van der Waals surface area contributed by atoms with Gasteiger partial charge in [-0.2, -0.15) is 0 Å². The molecule has 0 radical (unpaired) electrons. The summed E-state index contributed by atoms with van der Waals surface area (Å²) in [6, 6.07) is 5.58. The Labute approximate surface area is 164 Å². The summed E-state index contributed by atoms with van der Waals surface area (Å²) in [5.74, 6) is 1.21. The molecule has 8 nitrogen and oxygen atoms in total. The second kappa shape index (κ2) is 10.3. The molecule has 1 amide bonds. The smallest absolute Gasteiger partial charge is 0.306 e. The second-order valence-corrected chi connectivity index (χ2v) is 6.25. The van der Waals surface area contributed by atoms with E-state index in [1.807, 2.05) is 25.1 Å². The number of aryl methyl sites for hydroxylation is 2. The van der Waals surface area contributed by atoms with Gasteiger partial charge in [-0.3, -0.25) is 9.59 Å². The molecule has 1 heterocycles. The van der Waals surface area contributed by atoms with Gasteiger partial charge in [0.2, 0.25) is 0 Å². The zero-order chi connectivity index (χ0) is 20.5. The molecule has 0 aliphatic rings. The number of rotatable bonds is 10. The minimum Gasteiger partial charge on any atom is -0.493 e. The van der Waals surface area contributed by atoms with Crippen LogP contribution in [0.2, 0.25) is 0 Å². The second-order valence-electron chi connectivity index (χ2n) is 6.25. The van der Waals surface area contributed by atoms with E-state index < -0.39 is 5.97 Å². The van der Waals surface area contributed by atoms with E-state index in [1.54, 1.807) is 21.1 Å². The lowest BCUT2D eigenvalue weighted by Crippen LogP contribution is -2.30. The van der Waals surface area contributed by atoms with Gasteiger partial charge >= 0.3 is 5.97 Å². The number of esters is 1. The van der Waals surface area contributed by atoms with Crippen molar-refractivity contribution in [3.8, 4) is 11.5 Å². The maximum absolute atomic E-state index is 11.8. The molecule has 0 atom stereocenters. The Bertz CT molecular complexity index is 796. The van der Waals surface area contributed by atoms with Crippen molar-refractivity contribution in [3.05, 3.63) is 40.8 Å². The molecule has 2 aromatic rings. The van der Waals surface area contributed by atoms with Gasteiger partial charge in [0.05, 0.1) is 19.9 Å². The number of hydrogen-bond acceptors (Lipinski definition) is 7. The molecule has 0 bridgehead atoms. The van der Waals surface area contributed by atoms with Crippen LogP contribution in [0.5, 0.6) is 11.5 Å². The summed E-state index contributed by atoms with van der Waals surface area (Å²) in [5, 5.41) is 6.57. The van der Waals surface area contributed by atoms with Crippen LogP contribution in [0.25, 0.3) is 0 Å². The Morgan fingerprint density at radius 3 is 2.50 bits per heavy atom. The first-order valence-electron chi connectivity index (χ1n) is 8.99. The summed E-state index contributed by atoms with van der Waals surface area (Å²) in [6.07, 6.45) is 1.26. The van der Waals surface area contributed by atoms with Crippen molar-refractivity contribution in [3.63, 3.8) is 0 Å². The van der Waals surface area contributed by atoms with Gasteiger partial charge in [0.15, 0.2) is 18.1 Å². The van der Waals surface area contributed by atoms with Crippen molar-refractivity contribution in [2.24, 2.45) is 0 Å². The molecular weight excluding hydrogens is 364 g/mol. The largest absolute Gasteiger partial charge is 0.493 e. The van der Waals surface area contributed by atoms with E-state index >= 15 is 0 Å². The molecule has 1 aromatic heterocycles. The summed E-state index contributed by atoms with van der Waals surface area (Å²) in [4.78, 5) is 23.7. The summed E-state index contributed by atoms with van der Waals surface area (Å²) in [5.41, 5.74) is 2.66. The molecule has 28 heavy (non-hydrogen) atoms. The first-order valence-corrected chi connectivity index (χ1v) is 8.99. The maximum Gasteiger partial charge on any atom is 0.306 e. The third kappa shape index (κ3) is 6.00. The summed E-state index contributed by atoms with van der Waals surface area (Å²) >= 11 is 0. The topological polar surface area (TPSA) is 99.9 Å². The minimum atomic E-state index is -0.435. The van der Waals surface area contributed by atoms with E-state index in [1.165, 1.54) is 0 Å². The maximum atomic E-state index is 11.8. The molecule has 152 valence electrons. The summed E-state index contributed by atoms with van der Waals surface area (Å²) < 4.78 is 20.5. The van der Waals surface area contributed by atoms with Crippen LogP contribution in [0, 0.1) is 13.8 Å². The molecule has 8 heteroatoms. The van der Waals surface area contributed by atoms with Crippen LogP contribution >= 0.6 is 0 Å². The molecule has 0 unspecified atom stereocenters. The zero-order valence-corrected chi connectivity index (χ0v) is 16.7. The molecule has 0 aliphatic heterocycles. The van der Waals surface area contributed by atoms with E-state index in [-0.39, 0.29) is 18.9 Å². The Morgan fingerprint density at radius 1 is 1.11 bits per heavy atom. The average Bonchev–Trinajstić information content (AvgIpc) is 3.02. The molecule has 0 aliphatic carbocycles. The fraction of sp³-hybridized carbons (Fsp3) is 0.450. The highest BCUT2D eigenvalue weighted by Gasteiger charge is 2.13. The predicted molar refractivity (Wildman–Crippen MR) is 102 cm³/mol. The molecular formula is C20H26N2O6. The quantitative estimate of drug-likeness (QED) is 0.621. The van der Waals surface area contributed by atoms with Crippen molar-refractivity contribution in [2.75, 3.05) is 27.4 Å². The van der Waals surface area contributed by atoms with E-state index in [9.17, 15) is 9.59 Å². The van der Waals surface area contributed by atoms with Crippen molar-refractivity contribution in [2.45, 2.75) is 33.1 Å². The summed E-state index contributed by atoms with van der Waals surface area (Å²) in [7, 11) is 3.15. The predicted octanol–water partition coefficient (Wildman–Crippen LogP) is 2.14. The summed E-state index contributed by atoms with van der Waals surface area (Å²) in [6.45, 7) is 3.74. The van der Waals surface area contributed by atoms with Crippen LogP contribution < -0.4 is 14.8 Å². The van der Waals surface area contributed by atoms with E-state index in [4.69, 9.17) is 18.7 Å².